The lowest BCUT2D eigenvalue weighted by Gasteiger charge is -2.15. The molecule has 24 heavy (non-hydrogen) atoms. The minimum Gasteiger partial charge on any atom is -0.480 e. The largest absolute Gasteiger partial charge is 0.480 e. The van der Waals surface area contributed by atoms with E-state index < -0.39 is 23.7 Å². The standard InChI is InChI=1S/C16H16BrFN2O3S/c1-7-9(3)24-16(13(7)14(19)21)20-15(22)8(2)23-12-5-4-10(18)6-11(12)17/h4-6,8H,1-3H3,(H2,19,21)(H,20,22). The number of nitrogens with two attached hydrogens (primary N) is 1. The van der Waals surface area contributed by atoms with Gasteiger partial charge in [-0.2, -0.15) is 0 Å². The van der Waals surface area contributed by atoms with E-state index in [9.17, 15) is 14.0 Å². The summed E-state index contributed by atoms with van der Waals surface area (Å²) >= 11 is 4.46. The molecule has 1 aromatic carbocycles. The van der Waals surface area contributed by atoms with Gasteiger partial charge < -0.3 is 15.8 Å². The molecular weight excluding hydrogens is 399 g/mol. The zero-order chi connectivity index (χ0) is 18.0. The number of carbonyl (C=O) groups is 2. The summed E-state index contributed by atoms with van der Waals surface area (Å²) in [6.45, 7) is 5.18. The van der Waals surface area contributed by atoms with Gasteiger partial charge in [0.2, 0.25) is 0 Å². The molecule has 1 heterocycles. The number of benzene rings is 1. The number of nitrogens with one attached hydrogen (secondary N) is 1. The van der Waals surface area contributed by atoms with E-state index in [4.69, 9.17) is 10.5 Å². The fraction of sp³-hybridized carbons (Fsp3) is 0.250. The van der Waals surface area contributed by atoms with Gasteiger partial charge >= 0.3 is 0 Å². The highest BCUT2D eigenvalue weighted by molar-refractivity contribution is 9.10. The maximum Gasteiger partial charge on any atom is 0.265 e. The maximum absolute atomic E-state index is 13.1. The third-order valence-corrected chi connectivity index (χ3v) is 5.18. The van der Waals surface area contributed by atoms with Crippen LogP contribution in [0.3, 0.4) is 0 Å². The van der Waals surface area contributed by atoms with E-state index in [0.29, 0.717) is 20.8 Å². The van der Waals surface area contributed by atoms with Gasteiger partial charge in [-0.05, 0) is 60.5 Å². The Morgan fingerprint density at radius 2 is 2.04 bits per heavy atom. The molecule has 2 rings (SSSR count). The van der Waals surface area contributed by atoms with Crippen molar-refractivity contribution in [2.45, 2.75) is 26.9 Å². The normalized spacial score (nSPS) is 11.9. The molecule has 5 nitrogen and oxygen atoms in total. The molecule has 2 aromatic rings. The molecule has 1 atom stereocenters. The second-order valence-corrected chi connectivity index (χ2v) is 7.25. The number of hydrogen-bond donors (Lipinski definition) is 2. The maximum atomic E-state index is 13.1. The van der Waals surface area contributed by atoms with Gasteiger partial charge in [-0.25, -0.2) is 4.39 Å². The SMILES string of the molecule is Cc1sc(NC(=O)C(C)Oc2ccc(F)cc2Br)c(C(N)=O)c1C. The lowest BCUT2D eigenvalue weighted by atomic mass is 10.1. The highest BCUT2D eigenvalue weighted by Crippen LogP contribution is 2.32. The van der Waals surface area contributed by atoms with Gasteiger partial charge in [0, 0.05) is 4.88 Å². The van der Waals surface area contributed by atoms with E-state index in [1.807, 2.05) is 6.92 Å². The number of hydrogen-bond acceptors (Lipinski definition) is 4. The summed E-state index contributed by atoms with van der Waals surface area (Å²) in [6, 6.07) is 3.91. The number of anilines is 1. The molecule has 2 amide bonds. The number of aryl methyl sites for hydroxylation is 1. The molecule has 3 N–H and O–H groups in total. The van der Waals surface area contributed by atoms with Crippen LogP contribution >= 0.6 is 27.3 Å². The molecule has 0 saturated carbocycles. The molecule has 0 aliphatic heterocycles. The molecule has 0 bridgehead atoms. The van der Waals surface area contributed by atoms with Crippen molar-refractivity contribution in [1.29, 1.82) is 0 Å². The highest BCUT2D eigenvalue weighted by Gasteiger charge is 2.22. The first-order valence-electron chi connectivity index (χ1n) is 7.03. The van der Waals surface area contributed by atoms with Gasteiger partial charge in [-0.1, -0.05) is 0 Å². The predicted octanol–water partition coefficient (Wildman–Crippen LogP) is 3.77. The third-order valence-electron chi connectivity index (χ3n) is 3.44. The number of thiophene rings is 1. The van der Waals surface area contributed by atoms with Gasteiger partial charge in [-0.3, -0.25) is 9.59 Å². The summed E-state index contributed by atoms with van der Waals surface area (Å²) in [5.74, 6) is -1.10. The molecular formula is C16H16BrFN2O3S. The Labute approximate surface area is 151 Å². The molecule has 0 aliphatic carbocycles. The van der Waals surface area contributed by atoms with Crippen LogP contribution in [0.5, 0.6) is 5.75 Å². The van der Waals surface area contributed by atoms with Gasteiger partial charge in [-0.15, -0.1) is 11.3 Å². The van der Waals surface area contributed by atoms with Crippen LogP contribution in [0.15, 0.2) is 22.7 Å². The van der Waals surface area contributed by atoms with Crippen LogP contribution in [0.25, 0.3) is 0 Å². The Bertz CT molecular complexity index is 807. The number of primary amides is 1. The molecule has 8 heteroatoms. The van der Waals surface area contributed by atoms with Crippen LogP contribution in [0.1, 0.15) is 27.7 Å². The van der Waals surface area contributed by atoms with E-state index in [-0.39, 0.29) is 0 Å². The Hall–Kier alpha value is -1.93. The van der Waals surface area contributed by atoms with Crippen LogP contribution in [0.2, 0.25) is 0 Å². The second kappa shape index (κ2) is 7.31. The van der Waals surface area contributed by atoms with Gasteiger partial charge in [0.15, 0.2) is 6.10 Å². The predicted molar refractivity (Wildman–Crippen MR) is 95.1 cm³/mol. The molecule has 128 valence electrons. The fourth-order valence-electron chi connectivity index (χ4n) is 2.04. The zero-order valence-corrected chi connectivity index (χ0v) is 15.7. The Kier molecular flexibility index (Phi) is 5.61. The Morgan fingerprint density at radius 3 is 2.62 bits per heavy atom. The van der Waals surface area contributed by atoms with Crippen molar-refractivity contribution in [1.82, 2.24) is 0 Å². The van der Waals surface area contributed by atoms with Crippen molar-refractivity contribution in [3.8, 4) is 5.75 Å². The van der Waals surface area contributed by atoms with Crippen molar-refractivity contribution < 1.29 is 18.7 Å². The summed E-state index contributed by atoms with van der Waals surface area (Å²) in [5, 5.41) is 3.07. The number of rotatable bonds is 5. The van der Waals surface area contributed by atoms with Crippen LogP contribution in [0.4, 0.5) is 9.39 Å². The first-order chi connectivity index (χ1) is 11.2. The molecule has 0 spiro atoms. The molecule has 1 aromatic heterocycles. The fourth-order valence-corrected chi connectivity index (χ4v) is 3.55. The van der Waals surface area contributed by atoms with Crippen molar-refractivity contribution in [3.05, 3.63) is 44.5 Å². The Morgan fingerprint density at radius 1 is 1.38 bits per heavy atom. The first-order valence-corrected chi connectivity index (χ1v) is 8.64. The first kappa shape index (κ1) is 18.4. The highest BCUT2D eigenvalue weighted by atomic mass is 79.9. The van der Waals surface area contributed by atoms with Crippen molar-refractivity contribution in [2.24, 2.45) is 5.73 Å². The quantitative estimate of drug-likeness (QED) is 0.780. The summed E-state index contributed by atoms with van der Waals surface area (Å²) in [5.41, 5.74) is 6.44. The molecule has 0 radical (unpaired) electrons. The Balaban J connectivity index is 2.15. The summed E-state index contributed by atoms with van der Waals surface area (Å²) in [4.78, 5) is 24.8. The lowest BCUT2D eigenvalue weighted by Crippen LogP contribution is -2.30. The van der Waals surface area contributed by atoms with Gasteiger partial charge in [0.25, 0.3) is 11.8 Å². The van der Waals surface area contributed by atoms with E-state index in [1.165, 1.54) is 29.5 Å². The van der Waals surface area contributed by atoms with Crippen LogP contribution in [0, 0.1) is 19.7 Å². The summed E-state index contributed by atoms with van der Waals surface area (Å²) in [7, 11) is 0. The number of amides is 2. The average Bonchev–Trinajstić information content (AvgIpc) is 2.76. The molecule has 0 fully saturated rings. The summed E-state index contributed by atoms with van der Waals surface area (Å²) < 4.78 is 19.0. The average molecular weight is 415 g/mol. The molecule has 1 unspecified atom stereocenters. The monoisotopic (exact) mass is 414 g/mol. The van der Waals surface area contributed by atoms with E-state index in [1.54, 1.807) is 13.8 Å². The van der Waals surface area contributed by atoms with Crippen LogP contribution in [-0.4, -0.2) is 17.9 Å². The van der Waals surface area contributed by atoms with E-state index >= 15 is 0 Å². The lowest BCUT2D eigenvalue weighted by molar-refractivity contribution is -0.122. The smallest absolute Gasteiger partial charge is 0.265 e. The van der Waals surface area contributed by atoms with Crippen molar-refractivity contribution >= 4 is 44.1 Å². The zero-order valence-electron chi connectivity index (χ0n) is 13.3. The van der Waals surface area contributed by atoms with Gasteiger partial charge in [0.05, 0.1) is 10.0 Å². The molecule has 0 saturated heterocycles. The summed E-state index contributed by atoms with van der Waals surface area (Å²) in [6.07, 6.45) is -0.852. The third kappa shape index (κ3) is 3.93. The van der Waals surface area contributed by atoms with Crippen molar-refractivity contribution in [2.75, 3.05) is 5.32 Å². The topological polar surface area (TPSA) is 81.4 Å². The number of halogens is 2. The van der Waals surface area contributed by atoms with Gasteiger partial charge in [0.1, 0.15) is 16.6 Å². The van der Waals surface area contributed by atoms with Crippen molar-refractivity contribution in [3.63, 3.8) is 0 Å². The van der Waals surface area contributed by atoms with E-state index in [2.05, 4.69) is 21.2 Å². The molecule has 0 aliphatic rings. The minimum atomic E-state index is -0.852. The van der Waals surface area contributed by atoms with Crippen LogP contribution in [-0.2, 0) is 4.79 Å². The number of ether oxygens (including phenoxy) is 1. The number of carbonyl (C=O) groups excluding carboxylic acids is 2. The van der Waals surface area contributed by atoms with Crippen LogP contribution < -0.4 is 15.8 Å². The second-order valence-electron chi connectivity index (χ2n) is 5.18. The van der Waals surface area contributed by atoms with E-state index in [0.717, 1.165) is 10.4 Å². The minimum absolute atomic E-state index is 0.306.